The predicted octanol–water partition coefficient (Wildman–Crippen LogP) is 5.05. The van der Waals surface area contributed by atoms with Crippen LogP contribution in [0.15, 0.2) is 68.5 Å². The molecular weight excluding hydrogens is 486 g/mol. The van der Waals surface area contributed by atoms with Gasteiger partial charge in [-0.1, -0.05) is 12.1 Å². The lowest BCUT2D eigenvalue weighted by atomic mass is 9.98. The van der Waals surface area contributed by atoms with Crippen LogP contribution in [0.5, 0.6) is 0 Å². The number of hydroxylamine groups is 2. The Hall–Kier alpha value is -3.47. The zero-order valence-corrected chi connectivity index (χ0v) is 21.6. The Labute approximate surface area is 208 Å². The Balaban J connectivity index is 1.83. The number of fused-ring (bicyclic) bond motifs is 1. The molecule has 0 aliphatic heterocycles. The van der Waals surface area contributed by atoms with Crippen molar-refractivity contribution in [3.63, 3.8) is 0 Å². The van der Waals surface area contributed by atoms with E-state index in [-0.39, 0.29) is 10.8 Å². The van der Waals surface area contributed by atoms with E-state index < -0.39 is 10.0 Å². The number of furan rings is 1. The fourth-order valence-corrected chi connectivity index (χ4v) is 5.84. The van der Waals surface area contributed by atoms with E-state index in [2.05, 4.69) is 4.40 Å². The van der Waals surface area contributed by atoms with Gasteiger partial charge >= 0.3 is 0 Å². The maximum Gasteiger partial charge on any atom is 0.287 e. The van der Waals surface area contributed by atoms with Crippen LogP contribution in [0.25, 0.3) is 32.5 Å². The van der Waals surface area contributed by atoms with Gasteiger partial charge in [-0.05, 0) is 60.0 Å². The number of sulfonamides is 1. The van der Waals surface area contributed by atoms with E-state index in [0.717, 1.165) is 38.1 Å². The Kier molecular flexibility index (Phi) is 6.79. The number of carbonyl (C=O) groups excluding carboxylic acids is 1. The Morgan fingerprint density at radius 2 is 1.74 bits per heavy atom. The third kappa shape index (κ3) is 4.86. The molecule has 0 saturated carbocycles. The van der Waals surface area contributed by atoms with Gasteiger partial charge in [0.1, 0.15) is 16.8 Å². The minimum Gasteiger partial charge on any atom is -0.464 e. The monoisotopic (exact) mass is 511 g/mol. The van der Waals surface area contributed by atoms with Crippen molar-refractivity contribution in [2.75, 3.05) is 28.3 Å². The van der Waals surface area contributed by atoms with Gasteiger partial charge in [-0.3, -0.25) is 9.63 Å². The minimum absolute atomic E-state index is 0.0692. The second-order valence-electron chi connectivity index (χ2n) is 8.10. The third-order valence-electron chi connectivity index (χ3n) is 5.47. The fourth-order valence-electron chi connectivity index (χ4n) is 3.63. The lowest BCUT2D eigenvalue weighted by Gasteiger charge is -2.14. The number of thiophene rings is 1. The SMILES string of the molecule is CON(C)C(=O)c1sc(-c2ccc3occc3c2)c(C)c1-c1ccc(S(=O)(=O)N=CN(C)C)cc1. The van der Waals surface area contributed by atoms with Gasteiger partial charge in [0.25, 0.3) is 15.9 Å². The largest absolute Gasteiger partial charge is 0.464 e. The van der Waals surface area contributed by atoms with Gasteiger partial charge in [0.15, 0.2) is 0 Å². The molecule has 0 radical (unpaired) electrons. The molecule has 0 bridgehead atoms. The van der Waals surface area contributed by atoms with Crippen LogP contribution in [0.3, 0.4) is 0 Å². The first kappa shape index (κ1) is 24.6. The molecule has 2 aromatic carbocycles. The van der Waals surface area contributed by atoms with Crippen molar-refractivity contribution in [2.24, 2.45) is 4.40 Å². The number of carbonyl (C=O) groups is 1. The molecule has 0 aliphatic rings. The predicted molar refractivity (Wildman–Crippen MR) is 138 cm³/mol. The summed E-state index contributed by atoms with van der Waals surface area (Å²) in [5.74, 6) is -0.293. The zero-order chi connectivity index (χ0) is 25.3. The lowest BCUT2D eigenvalue weighted by molar-refractivity contribution is -0.0753. The third-order valence-corrected chi connectivity index (χ3v) is 8.04. The molecule has 10 heteroatoms. The fraction of sp³-hybridized carbons (Fsp3) is 0.200. The highest BCUT2D eigenvalue weighted by atomic mass is 32.2. The number of rotatable bonds is 7. The molecule has 0 atom stereocenters. The van der Waals surface area contributed by atoms with E-state index in [1.165, 1.54) is 42.0 Å². The van der Waals surface area contributed by atoms with E-state index in [1.54, 1.807) is 44.4 Å². The van der Waals surface area contributed by atoms with Crippen LogP contribution in [0, 0.1) is 6.92 Å². The number of hydrogen-bond donors (Lipinski definition) is 0. The van der Waals surface area contributed by atoms with Gasteiger partial charge < -0.3 is 9.32 Å². The van der Waals surface area contributed by atoms with Gasteiger partial charge in [0, 0.05) is 37.0 Å². The maximum atomic E-state index is 13.2. The van der Waals surface area contributed by atoms with Gasteiger partial charge in [-0.2, -0.15) is 8.42 Å². The molecule has 4 rings (SSSR count). The summed E-state index contributed by atoms with van der Waals surface area (Å²) < 4.78 is 34.2. The van der Waals surface area contributed by atoms with Crippen LogP contribution in [0.4, 0.5) is 0 Å². The molecule has 0 aliphatic carbocycles. The lowest BCUT2D eigenvalue weighted by Crippen LogP contribution is -2.25. The van der Waals surface area contributed by atoms with Crippen molar-refractivity contribution < 1.29 is 22.5 Å². The zero-order valence-electron chi connectivity index (χ0n) is 20.0. The Bertz CT molecular complexity index is 1520. The molecule has 0 spiro atoms. The standard InChI is InChI=1S/C25H25N3O5S2/c1-16-22(17-6-9-20(10-7-17)35(30,31)26-15-27(2)3)24(25(29)28(4)32-5)34-23(16)19-8-11-21-18(14-19)12-13-33-21/h6-15H,1-5H3. The normalized spacial score (nSPS) is 11.9. The van der Waals surface area contributed by atoms with E-state index in [9.17, 15) is 13.2 Å². The molecule has 4 aromatic rings. The summed E-state index contributed by atoms with van der Waals surface area (Å²) in [4.78, 5) is 21.4. The second kappa shape index (κ2) is 9.65. The van der Waals surface area contributed by atoms with E-state index in [0.29, 0.717) is 4.88 Å². The number of amides is 1. The number of nitrogens with zero attached hydrogens (tertiary/aromatic N) is 3. The Morgan fingerprint density at radius 3 is 2.40 bits per heavy atom. The number of hydrogen-bond acceptors (Lipinski definition) is 6. The first-order chi connectivity index (χ1) is 16.6. The second-order valence-corrected chi connectivity index (χ2v) is 10.8. The van der Waals surface area contributed by atoms with Crippen LogP contribution in [-0.4, -0.2) is 58.9 Å². The van der Waals surface area contributed by atoms with Crippen molar-refractivity contribution in [3.8, 4) is 21.6 Å². The first-order valence-electron chi connectivity index (χ1n) is 10.6. The van der Waals surface area contributed by atoms with Crippen molar-refractivity contribution in [1.29, 1.82) is 0 Å². The van der Waals surface area contributed by atoms with E-state index >= 15 is 0 Å². The molecule has 0 saturated heterocycles. The Morgan fingerprint density at radius 1 is 1.06 bits per heavy atom. The summed E-state index contributed by atoms with van der Waals surface area (Å²) in [6.07, 6.45) is 2.88. The van der Waals surface area contributed by atoms with Gasteiger partial charge in [-0.25, -0.2) is 5.06 Å². The highest BCUT2D eigenvalue weighted by Crippen LogP contribution is 2.43. The molecule has 182 valence electrons. The summed E-state index contributed by atoms with van der Waals surface area (Å²) in [6, 6.07) is 14.2. The van der Waals surface area contributed by atoms with Crippen molar-refractivity contribution >= 4 is 44.6 Å². The maximum absolute atomic E-state index is 13.2. The van der Waals surface area contributed by atoms with Gasteiger partial charge in [0.2, 0.25) is 0 Å². The number of benzene rings is 2. The summed E-state index contributed by atoms with van der Waals surface area (Å²) in [6.45, 7) is 1.95. The summed E-state index contributed by atoms with van der Waals surface area (Å²) in [7, 11) is 2.53. The van der Waals surface area contributed by atoms with Gasteiger partial charge in [0.05, 0.1) is 18.3 Å². The molecule has 35 heavy (non-hydrogen) atoms. The molecule has 1 amide bonds. The van der Waals surface area contributed by atoms with Crippen LogP contribution >= 0.6 is 11.3 Å². The molecular formula is C25H25N3O5S2. The van der Waals surface area contributed by atoms with Crippen LogP contribution in [0.1, 0.15) is 15.2 Å². The minimum atomic E-state index is -3.83. The average molecular weight is 512 g/mol. The summed E-state index contributed by atoms with van der Waals surface area (Å²) >= 11 is 1.37. The molecule has 8 nitrogen and oxygen atoms in total. The topological polar surface area (TPSA) is 92.4 Å². The molecule has 2 heterocycles. The van der Waals surface area contributed by atoms with Crippen molar-refractivity contribution in [3.05, 3.63) is 65.2 Å². The van der Waals surface area contributed by atoms with Crippen molar-refractivity contribution in [2.45, 2.75) is 11.8 Å². The smallest absolute Gasteiger partial charge is 0.287 e. The summed E-state index contributed by atoms with van der Waals surface area (Å²) in [5.41, 5.74) is 4.10. The highest BCUT2D eigenvalue weighted by molar-refractivity contribution is 7.90. The molecule has 0 N–H and O–H groups in total. The quantitative estimate of drug-likeness (QED) is 0.196. The highest BCUT2D eigenvalue weighted by Gasteiger charge is 2.25. The average Bonchev–Trinajstić information content (AvgIpc) is 3.45. The van der Waals surface area contributed by atoms with Gasteiger partial charge in [-0.15, -0.1) is 15.7 Å². The molecule has 0 fully saturated rings. The van der Waals surface area contributed by atoms with Crippen molar-refractivity contribution in [1.82, 2.24) is 9.96 Å². The van der Waals surface area contributed by atoms with Crippen LogP contribution in [-0.2, 0) is 14.9 Å². The molecule has 0 unspecified atom stereocenters. The van der Waals surface area contributed by atoms with E-state index in [4.69, 9.17) is 9.25 Å². The first-order valence-corrected chi connectivity index (χ1v) is 12.9. The molecule has 2 aromatic heterocycles. The van der Waals surface area contributed by atoms with Crippen LogP contribution in [0.2, 0.25) is 0 Å². The summed E-state index contributed by atoms with van der Waals surface area (Å²) in [5, 5.41) is 2.14. The van der Waals surface area contributed by atoms with Crippen LogP contribution < -0.4 is 0 Å². The van der Waals surface area contributed by atoms with E-state index in [1.807, 2.05) is 31.2 Å².